The van der Waals surface area contributed by atoms with Crippen molar-refractivity contribution in [3.05, 3.63) is 92.9 Å². The minimum Gasteiger partial charge on any atom is -0.497 e. The van der Waals surface area contributed by atoms with Gasteiger partial charge in [-0.15, -0.1) is 0 Å². The Morgan fingerprint density at radius 1 is 0.969 bits per heavy atom. The van der Waals surface area contributed by atoms with Crippen molar-refractivity contribution in [2.75, 3.05) is 14.2 Å². The van der Waals surface area contributed by atoms with Crippen LogP contribution in [0.2, 0.25) is 0 Å². The highest BCUT2D eigenvalue weighted by Gasteiger charge is 2.28. The Kier molecular flexibility index (Phi) is 6.07. The summed E-state index contributed by atoms with van der Waals surface area (Å²) < 4.78 is 10.3. The molecular formula is C25H24N2O5. The molecular weight excluding hydrogens is 408 g/mol. The van der Waals surface area contributed by atoms with E-state index >= 15 is 0 Å². The van der Waals surface area contributed by atoms with E-state index in [0.29, 0.717) is 24.1 Å². The third-order valence-corrected chi connectivity index (χ3v) is 5.75. The van der Waals surface area contributed by atoms with Gasteiger partial charge in [0.2, 0.25) is 0 Å². The molecule has 4 rings (SSSR count). The minimum absolute atomic E-state index is 0.0358. The summed E-state index contributed by atoms with van der Waals surface area (Å²) >= 11 is 0. The molecule has 0 radical (unpaired) electrons. The van der Waals surface area contributed by atoms with E-state index in [9.17, 15) is 14.4 Å². The molecule has 0 fully saturated rings. The fraction of sp³-hybridized carbons (Fsp3) is 0.240. The zero-order chi connectivity index (χ0) is 22.7. The standard InChI is InChI=1S/C25H24N2O5/c1-31-18-7-3-15(4-8-18)14-26-24(29)21-13-20-22(27-25(21)30)11-17(12-23(20)28)16-5-9-19(32-2)10-6-16/h3-10,13,17H,11-12,14H2,1-2H3,(H,26,29)(H,27,30)/t17-/m1/s1. The highest BCUT2D eigenvalue weighted by molar-refractivity contribution is 6.02. The number of hydrogen-bond acceptors (Lipinski definition) is 5. The number of ether oxygens (including phenoxy) is 2. The molecule has 1 aliphatic rings. The van der Waals surface area contributed by atoms with E-state index in [2.05, 4.69) is 10.3 Å². The first-order chi connectivity index (χ1) is 15.5. The van der Waals surface area contributed by atoms with Crippen LogP contribution in [0, 0.1) is 0 Å². The summed E-state index contributed by atoms with van der Waals surface area (Å²) in [7, 11) is 3.19. The maximum atomic E-state index is 12.8. The molecule has 1 aliphatic carbocycles. The SMILES string of the molecule is COc1ccc(CNC(=O)c2cc3c([nH]c2=O)C[C@@H](c2ccc(OC)cc2)CC3=O)cc1. The van der Waals surface area contributed by atoms with Crippen LogP contribution in [0.5, 0.6) is 11.5 Å². The number of carbonyl (C=O) groups excluding carboxylic acids is 2. The lowest BCUT2D eigenvalue weighted by molar-refractivity contribution is 0.0949. The molecule has 0 saturated heterocycles. The van der Waals surface area contributed by atoms with E-state index in [0.717, 1.165) is 22.6 Å². The van der Waals surface area contributed by atoms with Gasteiger partial charge in [0, 0.05) is 24.2 Å². The number of amides is 1. The maximum absolute atomic E-state index is 12.8. The number of fused-ring (bicyclic) bond motifs is 1. The van der Waals surface area contributed by atoms with Gasteiger partial charge in [-0.2, -0.15) is 0 Å². The average molecular weight is 432 g/mol. The van der Waals surface area contributed by atoms with Crippen LogP contribution in [-0.4, -0.2) is 30.9 Å². The molecule has 1 amide bonds. The highest BCUT2D eigenvalue weighted by Crippen LogP contribution is 2.32. The van der Waals surface area contributed by atoms with E-state index in [-0.39, 0.29) is 23.8 Å². The molecule has 1 heterocycles. The second-order valence-electron chi connectivity index (χ2n) is 7.74. The van der Waals surface area contributed by atoms with Crippen molar-refractivity contribution in [2.24, 2.45) is 0 Å². The molecule has 0 unspecified atom stereocenters. The van der Waals surface area contributed by atoms with Crippen molar-refractivity contribution in [1.29, 1.82) is 0 Å². The number of methoxy groups -OCH3 is 2. The normalized spacial score (nSPS) is 15.1. The quantitative estimate of drug-likeness (QED) is 0.623. The Labute approximate surface area is 185 Å². The van der Waals surface area contributed by atoms with E-state index in [1.165, 1.54) is 6.07 Å². The van der Waals surface area contributed by atoms with Crippen molar-refractivity contribution in [3.63, 3.8) is 0 Å². The molecule has 7 nitrogen and oxygen atoms in total. The Bertz CT molecular complexity index is 1200. The van der Waals surface area contributed by atoms with Crippen LogP contribution >= 0.6 is 0 Å². The molecule has 0 aliphatic heterocycles. The number of hydrogen-bond donors (Lipinski definition) is 2. The molecule has 2 N–H and O–H groups in total. The Balaban J connectivity index is 1.50. The number of rotatable bonds is 6. The van der Waals surface area contributed by atoms with Crippen LogP contribution in [0.25, 0.3) is 0 Å². The number of nitrogens with one attached hydrogen (secondary N) is 2. The van der Waals surface area contributed by atoms with E-state index < -0.39 is 11.5 Å². The lowest BCUT2D eigenvalue weighted by Crippen LogP contribution is -2.32. The van der Waals surface area contributed by atoms with Gasteiger partial charge in [0.15, 0.2) is 5.78 Å². The number of Topliss-reactive ketones (excluding diaryl/α,β-unsaturated/α-hetero) is 1. The third kappa shape index (κ3) is 4.42. The average Bonchev–Trinajstić information content (AvgIpc) is 2.82. The van der Waals surface area contributed by atoms with Crippen molar-refractivity contribution < 1.29 is 19.1 Å². The Morgan fingerprint density at radius 3 is 2.22 bits per heavy atom. The molecule has 1 atom stereocenters. The predicted molar refractivity (Wildman–Crippen MR) is 120 cm³/mol. The first-order valence-electron chi connectivity index (χ1n) is 10.3. The fourth-order valence-electron chi connectivity index (χ4n) is 3.93. The first-order valence-corrected chi connectivity index (χ1v) is 10.3. The summed E-state index contributed by atoms with van der Waals surface area (Å²) in [6.07, 6.45) is 0.842. The number of carbonyl (C=O) groups is 2. The maximum Gasteiger partial charge on any atom is 0.261 e. The summed E-state index contributed by atoms with van der Waals surface area (Å²) in [6.45, 7) is 0.257. The summed E-state index contributed by atoms with van der Waals surface area (Å²) in [5.41, 5.74) is 2.29. The summed E-state index contributed by atoms with van der Waals surface area (Å²) in [4.78, 5) is 40.8. The number of aromatic amines is 1. The van der Waals surface area contributed by atoms with Gasteiger partial charge in [-0.05, 0) is 53.8 Å². The van der Waals surface area contributed by atoms with Gasteiger partial charge in [0.25, 0.3) is 11.5 Å². The molecule has 1 aromatic heterocycles. The molecule has 3 aromatic rings. The molecule has 0 bridgehead atoms. The Morgan fingerprint density at radius 2 is 1.59 bits per heavy atom. The zero-order valence-corrected chi connectivity index (χ0v) is 17.9. The first kappa shape index (κ1) is 21.4. The topological polar surface area (TPSA) is 97.5 Å². The van der Waals surface area contributed by atoms with Gasteiger partial charge >= 0.3 is 0 Å². The predicted octanol–water partition coefficient (Wildman–Crippen LogP) is 3.23. The van der Waals surface area contributed by atoms with Crippen LogP contribution in [0.4, 0.5) is 0 Å². The number of aromatic nitrogens is 1. The van der Waals surface area contributed by atoms with Gasteiger partial charge in [0.1, 0.15) is 17.1 Å². The Hall–Kier alpha value is -3.87. The largest absolute Gasteiger partial charge is 0.497 e. The van der Waals surface area contributed by atoms with Crippen LogP contribution in [0.1, 0.15) is 49.9 Å². The van der Waals surface area contributed by atoms with Gasteiger partial charge in [-0.25, -0.2) is 0 Å². The number of benzene rings is 2. The fourth-order valence-corrected chi connectivity index (χ4v) is 3.93. The van der Waals surface area contributed by atoms with Crippen LogP contribution in [0.3, 0.4) is 0 Å². The molecule has 32 heavy (non-hydrogen) atoms. The second kappa shape index (κ2) is 9.09. The molecule has 0 spiro atoms. The van der Waals surface area contributed by atoms with Gasteiger partial charge < -0.3 is 19.8 Å². The van der Waals surface area contributed by atoms with Crippen molar-refractivity contribution in [3.8, 4) is 11.5 Å². The number of ketones is 1. The summed E-state index contributed by atoms with van der Waals surface area (Å²) in [5, 5.41) is 2.74. The minimum atomic E-state index is -0.519. The van der Waals surface area contributed by atoms with Crippen molar-refractivity contribution >= 4 is 11.7 Å². The van der Waals surface area contributed by atoms with E-state index in [1.54, 1.807) is 26.4 Å². The van der Waals surface area contributed by atoms with Crippen molar-refractivity contribution in [1.82, 2.24) is 10.3 Å². The number of pyridine rings is 1. The highest BCUT2D eigenvalue weighted by atomic mass is 16.5. The summed E-state index contributed by atoms with van der Waals surface area (Å²) in [6, 6.07) is 16.3. The van der Waals surface area contributed by atoms with Crippen LogP contribution in [0.15, 0.2) is 59.4 Å². The van der Waals surface area contributed by atoms with Crippen LogP contribution in [-0.2, 0) is 13.0 Å². The van der Waals surface area contributed by atoms with Gasteiger partial charge in [-0.1, -0.05) is 24.3 Å². The zero-order valence-electron chi connectivity index (χ0n) is 17.9. The van der Waals surface area contributed by atoms with Gasteiger partial charge in [0.05, 0.1) is 14.2 Å². The van der Waals surface area contributed by atoms with E-state index in [4.69, 9.17) is 9.47 Å². The lowest BCUT2D eigenvalue weighted by atomic mass is 9.81. The lowest BCUT2D eigenvalue weighted by Gasteiger charge is -2.24. The monoisotopic (exact) mass is 432 g/mol. The number of H-pyrrole nitrogens is 1. The van der Waals surface area contributed by atoms with E-state index in [1.807, 2.05) is 36.4 Å². The molecule has 2 aromatic carbocycles. The van der Waals surface area contributed by atoms with Gasteiger partial charge in [-0.3, -0.25) is 14.4 Å². The third-order valence-electron chi connectivity index (χ3n) is 5.75. The second-order valence-corrected chi connectivity index (χ2v) is 7.74. The molecule has 7 heteroatoms. The van der Waals surface area contributed by atoms with Crippen LogP contribution < -0.4 is 20.3 Å². The smallest absolute Gasteiger partial charge is 0.261 e. The van der Waals surface area contributed by atoms with Crippen molar-refractivity contribution in [2.45, 2.75) is 25.3 Å². The summed E-state index contributed by atoms with van der Waals surface area (Å²) in [5.74, 6) is 0.821. The molecule has 164 valence electrons. The molecule has 0 saturated carbocycles.